The fraction of sp³-hybridized carbons (Fsp3) is 0. The van der Waals surface area contributed by atoms with Crippen molar-refractivity contribution in [1.82, 2.24) is 0 Å². The van der Waals surface area contributed by atoms with E-state index in [0.29, 0.717) is 22.3 Å². The highest BCUT2D eigenvalue weighted by Crippen LogP contribution is 2.47. The van der Waals surface area contributed by atoms with Crippen LogP contribution in [0.5, 0.6) is 0 Å². The monoisotopic (exact) mass is 664 g/mol. The van der Waals surface area contributed by atoms with E-state index in [1.54, 1.807) is 0 Å². The van der Waals surface area contributed by atoms with Gasteiger partial charge in [-0.05, 0) is 121 Å². The molecule has 0 fully saturated rings. The van der Waals surface area contributed by atoms with Crippen LogP contribution in [-0.4, -0.2) is 0 Å². The van der Waals surface area contributed by atoms with Gasteiger partial charge in [-0.25, -0.2) is 0 Å². The van der Waals surface area contributed by atoms with E-state index in [0.717, 1.165) is 59.6 Å². The molecule has 11 aromatic carbocycles. The van der Waals surface area contributed by atoms with Crippen molar-refractivity contribution >= 4 is 75.4 Å². The predicted octanol–water partition coefficient (Wildman–Crippen LogP) is 14.8. The minimum Gasteiger partial charge on any atom is -0.0616 e. The standard InChI is InChI=1S/C52H32/c1-2-19-36-33(15-1)16-14-30-41(36)51-46-28-11-9-26-44(46)50(45-27-10-12-29-47(45)51)35-18-13-17-34(31-35)48-32-49-39-22-4-3-20-37(39)38-21-5-7-24-42(38)52(49)43-25-8-6-23-40(43)48/h1-32H/i9D,10D,11D,12D,26D,27D,28D,29D. The van der Waals surface area contributed by atoms with E-state index in [-0.39, 0.29) is 45.7 Å². The van der Waals surface area contributed by atoms with Crippen LogP contribution in [0.2, 0.25) is 0 Å². The van der Waals surface area contributed by atoms with Crippen molar-refractivity contribution in [2.45, 2.75) is 0 Å². The summed E-state index contributed by atoms with van der Waals surface area (Å²) in [7, 11) is 0. The molecule has 0 nitrogen and oxygen atoms in total. The molecule has 0 spiro atoms. The van der Waals surface area contributed by atoms with Gasteiger partial charge >= 0.3 is 0 Å². The Hall–Kier alpha value is -6.76. The first-order valence-corrected chi connectivity index (χ1v) is 17.5. The molecule has 0 atom stereocenters. The van der Waals surface area contributed by atoms with Gasteiger partial charge in [0.2, 0.25) is 0 Å². The van der Waals surface area contributed by atoms with E-state index in [9.17, 15) is 5.48 Å². The van der Waals surface area contributed by atoms with Crippen LogP contribution >= 0.6 is 0 Å². The third kappa shape index (κ3) is 4.22. The lowest BCUT2D eigenvalue weighted by molar-refractivity contribution is 1.64. The van der Waals surface area contributed by atoms with E-state index < -0.39 is 24.2 Å². The molecule has 0 unspecified atom stereocenters. The summed E-state index contributed by atoms with van der Waals surface area (Å²) >= 11 is 0. The second-order valence-electron chi connectivity index (χ2n) is 13.3. The van der Waals surface area contributed by atoms with Crippen LogP contribution in [0.1, 0.15) is 11.0 Å². The summed E-state index contributed by atoms with van der Waals surface area (Å²) in [6.07, 6.45) is 0. The SMILES string of the molecule is [2H]c1c([2H])c([2H])c2c(-c3cccc4ccccc34)c3c([2H])c([2H])c([2H])c([2H])c3c(-c3cccc(-c4cc5c6ccccc6c6ccccc6c5c5ccccc45)c3)c2c1[2H]. The van der Waals surface area contributed by atoms with E-state index in [4.69, 9.17) is 5.48 Å². The van der Waals surface area contributed by atoms with Crippen LogP contribution in [0.25, 0.3) is 109 Å². The molecule has 11 aromatic rings. The molecule has 240 valence electrons. The average Bonchev–Trinajstić information content (AvgIpc) is 3.29. The normalized spacial score (nSPS) is 14.0. The van der Waals surface area contributed by atoms with Crippen molar-refractivity contribution < 1.29 is 11.0 Å². The van der Waals surface area contributed by atoms with Gasteiger partial charge in [0.25, 0.3) is 0 Å². The Bertz CT molecular complexity index is 3620. The highest BCUT2D eigenvalue weighted by atomic mass is 14.2. The Kier molecular flexibility index (Phi) is 4.85. The fourth-order valence-electron chi connectivity index (χ4n) is 8.47. The third-order valence-corrected chi connectivity index (χ3v) is 10.6. The van der Waals surface area contributed by atoms with E-state index in [1.165, 1.54) is 5.39 Å². The van der Waals surface area contributed by atoms with Crippen molar-refractivity contribution in [3.8, 4) is 33.4 Å². The van der Waals surface area contributed by atoms with Gasteiger partial charge in [-0.2, -0.15) is 0 Å². The Morgan fingerprint density at radius 1 is 0.288 bits per heavy atom. The van der Waals surface area contributed by atoms with Gasteiger partial charge < -0.3 is 0 Å². The molecule has 0 aliphatic rings. The maximum atomic E-state index is 9.51. The highest BCUT2D eigenvalue weighted by Gasteiger charge is 2.19. The predicted molar refractivity (Wildman–Crippen MR) is 225 cm³/mol. The van der Waals surface area contributed by atoms with Gasteiger partial charge in [0.05, 0.1) is 11.0 Å². The molecule has 0 aliphatic heterocycles. The Labute approximate surface area is 313 Å². The molecule has 11 rings (SSSR count). The van der Waals surface area contributed by atoms with Crippen LogP contribution in [0, 0.1) is 0 Å². The van der Waals surface area contributed by atoms with Crippen LogP contribution in [0.3, 0.4) is 0 Å². The maximum Gasteiger partial charge on any atom is 0.0629 e. The van der Waals surface area contributed by atoms with Gasteiger partial charge in [-0.3, -0.25) is 0 Å². The van der Waals surface area contributed by atoms with Crippen LogP contribution < -0.4 is 0 Å². The van der Waals surface area contributed by atoms with Crippen molar-refractivity contribution in [2.75, 3.05) is 0 Å². The molecule has 0 bridgehead atoms. The average molecular weight is 665 g/mol. The number of hydrogen-bond acceptors (Lipinski definition) is 0. The summed E-state index contributed by atoms with van der Waals surface area (Å²) in [5, 5.41) is 11.5. The van der Waals surface area contributed by atoms with Gasteiger partial charge in [-0.1, -0.05) is 182 Å². The Balaban J connectivity index is 1.31. The second kappa shape index (κ2) is 11.4. The summed E-state index contributed by atoms with van der Waals surface area (Å²) in [5.41, 5.74) is 3.66. The van der Waals surface area contributed by atoms with E-state index >= 15 is 0 Å². The molecule has 0 heteroatoms. The summed E-state index contributed by atoms with van der Waals surface area (Å²) in [6.45, 7) is 0. The zero-order chi connectivity index (χ0) is 41.1. The second-order valence-corrected chi connectivity index (χ2v) is 13.3. The lowest BCUT2D eigenvalue weighted by Crippen LogP contribution is -1.92. The van der Waals surface area contributed by atoms with Gasteiger partial charge in [-0.15, -0.1) is 0 Å². The molecule has 0 saturated heterocycles. The first-order chi connectivity index (χ1) is 29.2. The van der Waals surface area contributed by atoms with Gasteiger partial charge in [0.1, 0.15) is 0 Å². The fourth-order valence-corrected chi connectivity index (χ4v) is 8.47. The summed E-state index contributed by atoms with van der Waals surface area (Å²) in [6, 6.07) is 45.9. The highest BCUT2D eigenvalue weighted by molar-refractivity contribution is 6.33. The number of rotatable bonds is 3. The smallest absolute Gasteiger partial charge is 0.0616 e. The molecule has 52 heavy (non-hydrogen) atoms. The molecular formula is C52H32. The molecule has 0 N–H and O–H groups in total. The number of hydrogen-bond donors (Lipinski definition) is 0. The van der Waals surface area contributed by atoms with Crippen molar-refractivity contribution in [3.05, 3.63) is 194 Å². The minimum absolute atomic E-state index is 0.194. The summed E-state index contributed by atoms with van der Waals surface area (Å²) in [4.78, 5) is 0. The van der Waals surface area contributed by atoms with Crippen LogP contribution in [0.4, 0.5) is 0 Å². The summed E-state index contributed by atoms with van der Waals surface area (Å²) < 4.78 is 73.6. The Morgan fingerprint density at radius 2 is 0.750 bits per heavy atom. The van der Waals surface area contributed by atoms with E-state index in [2.05, 4.69) is 72.8 Å². The molecule has 0 saturated carbocycles. The quantitative estimate of drug-likeness (QED) is 0.130. The van der Waals surface area contributed by atoms with Crippen LogP contribution in [-0.2, 0) is 0 Å². The number of benzene rings is 11. The molecule has 0 amide bonds. The zero-order valence-corrected chi connectivity index (χ0v) is 27.9. The lowest BCUT2D eigenvalue weighted by Gasteiger charge is -2.19. The summed E-state index contributed by atoms with van der Waals surface area (Å²) in [5.74, 6) is 0. The first kappa shape index (κ1) is 22.1. The zero-order valence-electron chi connectivity index (χ0n) is 35.9. The molecule has 0 aliphatic carbocycles. The third-order valence-electron chi connectivity index (χ3n) is 10.6. The molecule has 0 aromatic heterocycles. The maximum absolute atomic E-state index is 9.51. The Morgan fingerprint density at radius 3 is 1.42 bits per heavy atom. The first-order valence-electron chi connectivity index (χ1n) is 21.5. The van der Waals surface area contributed by atoms with Crippen molar-refractivity contribution in [2.24, 2.45) is 0 Å². The lowest BCUT2D eigenvalue weighted by atomic mass is 9.84. The van der Waals surface area contributed by atoms with Gasteiger partial charge in [0, 0.05) is 0 Å². The molecular weight excluding hydrogens is 625 g/mol. The van der Waals surface area contributed by atoms with Crippen molar-refractivity contribution in [3.63, 3.8) is 0 Å². The van der Waals surface area contributed by atoms with Crippen LogP contribution in [0.15, 0.2) is 194 Å². The molecule has 0 heterocycles. The van der Waals surface area contributed by atoms with E-state index in [1.807, 2.05) is 72.8 Å². The molecule has 0 radical (unpaired) electrons. The largest absolute Gasteiger partial charge is 0.0629 e. The topological polar surface area (TPSA) is 0 Å². The van der Waals surface area contributed by atoms with Crippen molar-refractivity contribution in [1.29, 1.82) is 0 Å². The minimum atomic E-state index is -0.423. The number of fused-ring (bicyclic) bond motifs is 11. The van der Waals surface area contributed by atoms with Gasteiger partial charge in [0.15, 0.2) is 0 Å².